The van der Waals surface area contributed by atoms with Gasteiger partial charge in [0.25, 0.3) is 0 Å². The predicted molar refractivity (Wildman–Crippen MR) is 88.0 cm³/mol. The van der Waals surface area contributed by atoms with Crippen LogP contribution >= 0.6 is 11.8 Å². The van der Waals surface area contributed by atoms with E-state index in [1.807, 2.05) is 31.2 Å². The molecule has 0 unspecified atom stereocenters. The smallest absolute Gasteiger partial charge is 0.234 e. The fraction of sp³-hybridized carbons (Fsp3) is 0.214. The number of hydrogen-bond donors (Lipinski definition) is 2. The van der Waals surface area contributed by atoms with Gasteiger partial charge in [-0.3, -0.25) is 4.72 Å². The third-order valence-corrected chi connectivity index (χ3v) is 5.32. The molecule has 0 saturated carbocycles. The predicted octanol–water partition coefficient (Wildman–Crippen LogP) is 2.51. The number of nitrogens with one attached hydrogen (secondary N) is 1. The average molecular weight is 323 g/mol. The molecule has 7 heteroatoms. The Labute approximate surface area is 129 Å². The summed E-state index contributed by atoms with van der Waals surface area (Å²) in [4.78, 5) is 4.88. The van der Waals surface area contributed by atoms with Crippen molar-refractivity contribution >= 4 is 33.3 Å². The minimum absolute atomic E-state index is 0.00161. The molecule has 0 spiro atoms. The number of aryl methyl sites for hydroxylation is 1. The molecular formula is C14H17N3O2S2. The first-order chi connectivity index (χ1) is 9.96. The van der Waals surface area contributed by atoms with Gasteiger partial charge in [-0.05, 0) is 36.8 Å². The summed E-state index contributed by atoms with van der Waals surface area (Å²) in [5, 5.41) is 0. The lowest BCUT2D eigenvalue weighted by atomic mass is 10.3. The highest BCUT2D eigenvalue weighted by Crippen LogP contribution is 2.24. The van der Waals surface area contributed by atoms with Gasteiger partial charge in [0, 0.05) is 22.5 Å². The van der Waals surface area contributed by atoms with Crippen molar-refractivity contribution in [2.24, 2.45) is 0 Å². The fourth-order valence-electron chi connectivity index (χ4n) is 1.68. The normalized spacial score (nSPS) is 11.3. The molecule has 1 aromatic heterocycles. The van der Waals surface area contributed by atoms with Crippen molar-refractivity contribution in [1.82, 2.24) is 4.98 Å². The Morgan fingerprint density at radius 2 is 2.05 bits per heavy atom. The first-order valence-electron chi connectivity index (χ1n) is 6.37. The van der Waals surface area contributed by atoms with Crippen molar-refractivity contribution in [2.75, 3.05) is 22.0 Å². The first kappa shape index (κ1) is 15.7. The summed E-state index contributed by atoms with van der Waals surface area (Å²) in [6, 6.07) is 10.9. The van der Waals surface area contributed by atoms with E-state index in [0.717, 1.165) is 10.5 Å². The van der Waals surface area contributed by atoms with Gasteiger partial charge in [0.2, 0.25) is 10.0 Å². The van der Waals surface area contributed by atoms with Crippen LogP contribution in [0.1, 0.15) is 5.56 Å². The summed E-state index contributed by atoms with van der Waals surface area (Å²) >= 11 is 1.42. The van der Waals surface area contributed by atoms with Gasteiger partial charge in [-0.2, -0.15) is 0 Å². The Morgan fingerprint density at radius 3 is 2.76 bits per heavy atom. The molecule has 0 saturated heterocycles. The first-order valence-corrected chi connectivity index (χ1v) is 9.00. The summed E-state index contributed by atoms with van der Waals surface area (Å²) < 4.78 is 26.5. The van der Waals surface area contributed by atoms with Crippen molar-refractivity contribution in [2.45, 2.75) is 11.8 Å². The van der Waals surface area contributed by atoms with Crippen molar-refractivity contribution in [1.29, 1.82) is 0 Å². The van der Waals surface area contributed by atoms with Crippen LogP contribution in [0.2, 0.25) is 0 Å². The van der Waals surface area contributed by atoms with Gasteiger partial charge in [0.1, 0.15) is 5.82 Å². The molecule has 0 fully saturated rings. The molecule has 1 heterocycles. The number of pyridine rings is 1. The number of thioether (sulfide) groups is 1. The van der Waals surface area contributed by atoms with Crippen LogP contribution in [0.25, 0.3) is 0 Å². The number of benzene rings is 1. The van der Waals surface area contributed by atoms with Crippen LogP contribution in [0.3, 0.4) is 0 Å². The van der Waals surface area contributed by atoms with E-state index in [-0.39, 0.29) is 5.75 Å². The average Bonchev–Trinajstić information content (AvgIpc) is 2.40. The zero-order valence-corrected chi connectivity index (χ0v) is 13.2. The summed E-state index contributed by atoms with van der Waals surface area (Å²) in [5.41, 5.74) is 7.43. The van der Waals surface area contributed by atoms with E-state index in [1.54, 1.807) is 18.3 Å². The highest BCUT2D eigenvalue weighted by Gasteiger charge is 2.11. The summed E-state index contributed by atoms with van der Waals surface area (Å²) in [6.07, 6.45) is 1.58. The Balaban J connectivity index is 1.91. The van der Waals surface area contributed by atoms with Crippen LogP contribution in [0, 0.1) is 6.92 Å². The molecule has 2 rings (SSSR count). The third-order valence-electron chi connectivity index (χ3n) is 2.70. The maximum atomic E-state index is 12.0. The van der Waals surface area contributed by atoms with Gasteiger partial charge < -0.3 is 5.73 Å². The molecule has 0 amide bonds. The van der Waals surface area contributed by atoms with Crippen LogP contribution in [-0.2, 0) is 10.0 Å². The van der Waals surface area contributed by atoms with E-state index < -0.39 is 10.0 Å². The second kappa shape index (κ2) is 6.82. The van der Waals surface area contributed by atoms with Gasteiger partial charge in [-0.15, -0.1) is 11.8 Å². The maximum absolute atomic E-state index is 12.0. The number of sulfonamides is 1. The highest BCUT2D eigenvalue weighted by atomic mass is 32.2. The van der Waals surface area contributed by atoms with Gasteiger partial charge in [-0.25, -0.2) is 13.4 Å². The largest absolute Gasteiger partial charge is 0.398 e. The molecule has 0 aliphatic heterocycles. The molecule has 1 aromatic carbocycles. The van der Waals surface area contributed by atoms with Gasteiger partial charge in [0.15, 0.2) is 0 Å². The fourth-order valence-corrected chi connectivity index (χ4v) is 4.05. The number of anilines is 2. The molecule has 0 bridgehead atoms. The van der Waals surface area contributed by atoms with E-state index in [0.29, 0.717) is 17.3 Å². The summed E-state index contributed by atoms with van der Waals surface area (Å²) in [5.74, 6) is 0.774. The second-order valence-electron chi connectivity index (χ2n) is 4.53. The van der Waals surface area contributed by atoms with E-state index in [1.165, 1.54) is 11.8 Å². The molecule has 0 aliphatic carbocycles. The lowest BCUT2D eigenvalue weighted by molar-refractivity contribution is 0.602. The van der Waals surface area contributed by atoms with E-state index >= 15 is 0 Å². The van der Waals surface area contributed by atoms with Crippen LogP contribution in [0.4, 0.5) is 11.5 Å². The van der Waals surface area contributed by atoms with E-state index in [4.69, 9.17) is 5.73 Å². The standard InChI is InChI=1S/C14H17N3O2S2/c1-11-6-7-16-14(10-11)17-21(18,19)9-8-20-13-5-3-2-4-12(13)15/h2-7,10H,8-9,15H2,1H3,(H,16,17). The van der Waals surface area contributed by atoms with Gasteiger partial charge in [0.05, 0.1) is 5.75 Å². The summed E-state index contributed by atoms with van der Waals surface area (Å²) in [6.45, 7) is 1.88. The topological polar surface area (TPSA) is 85.1 Å². The van der Waals surface area contributed by atoms with Crippen LogP contribution in [0.15, 0.2) is 47.5 Å². The molecule has 3 N–H and O–H groups in total. The number of para-hydroxylation sites is 1. The van der Waals surface area contributed by atoms with Crippen LogP contribution in [0.5, 0.6) is 0 Å². The number of nitrogens with zero attached hydrogens (tertiary/aromatic N) is 1. The molecule has 0 radical (unpaired) electrons. The Bertz CT molecular complexity index is 718. The minimum Gasteiger partial charge on any atom is -0.398 e. The Morgan fingerprint density at radius 1 is 1.29 bits per heavy atom. The van der Waals surface area contributed by atoms with E-state index in [9.17, 15) is 8.42 Å². The van der Waals surface area contributed by atoms with Gasteiger partial charge >= 0.3 is 0 Å². The second-order valence-corrected chi connectivity index (χ2v) is 7.50. The van der Waals surface area contributed by atoms with Crippen LogP contribution in [-0.4, -0.2) is 24.9 Å². The van der Waals surface area contributed by atoms with Gasteiger partial charge in [-0.1, -0.05) is 12.1 Å². The Kier molecular flexibility index (Phi) is 5.08. The molecule has 2 aromatic rings. The molecule has 21 heavy (non-hydrogen) atoms. The number of nitrogens with two attached hydrogens (primary N) is 1. The maximum Gasteiger partial charge on any atom is 0.234 e. The lowest BCUT2D eigenvalue weighted by Crippen LogP contribution is -2.18. The number of nitrogen functional groups attached to an aromatic ring is 1. The molecule has 112 valence electrons. The van der Waals surface area contributed by atoms with Crippen molar-refractivity contribution < 1.29 is 8.42 Å². The van der Waals surface area contributed by atoms with E-state index in [2.05, 4.69) is 9.71 Å². The Hall–Kier alpha value is -1.73. The molecule has 5 nitrogen and oxygen atoms in total. The minimum atomic E-state index is -3.41. The zero-order valence-electron chi connectivity index (χ0n) is 11.6. The highest BCUT2D eigenvalue weighted by molar-refractivity contribution is 8.01. The summed E-state index contributed by atoms with van der Waals surface area (Å²) in [7, 11) is -3.41. The zero-order chi connectivity index (χ0) is 15.3. The van der Waals surface area contributed by atoms with Crippen molar-refractivity contribution in [3.8, 4) is 0 Å². The molecule has 0 atom stereocenters. The molecular weight excluding hydrogens is 306 g/mol. The molecule has 0 aliphatic rings. The number of rotatable bonds is 6. The SMILES string of the molecule is Cc1ccnc(NS(=O)(=O)CCSc2ccccc2N)c1. The number of hydrogen-bond acceptors (Lipinski definition) is 5. The third kappa shape index (κ3) is 4.95. The quantitative estimate of drug-likeness (QED) is 0.630. The number of aromatic nitrogens is 1. The lowest BCUT2D eigenvalue weighted by Gasteiger charge is -2.08. The van der Waals surface area contributed by atoms with Crippen molar-refractivity contribution in [3.05, 3.63) is 48.2 Å². The van der Waals surface area contributed by atoms with Crippen molar-refractivity contribution in [3.63, 3.8) is 0 Å². The monoisotopic (exact) mass is 323 g/mol. The van der Waals surface area contributed by atoms with Crippen LogP contribution < -0.4 is 10.5 Å².